The van der Waals surface area contributed by atoms with Gasteiger partial charge in [-0.3, -0.25) is 19.5 Å². The number of carbonyl (C=O) groups excluding carboxylic acids is 1. The molecule has 2 heterocycles. The average Bonchev–Trinajstić information content (AvgIpc) is 2.63. The first-order valence-electron chi connectivity index (χ1n) is 6.66. The molecule has 6 heteroatoms. The largest absolute Gasteiger partial charge is 0.481 e. The van der Waals surface area contributed by atoms with Crippen LogP contribution in [0.25, 0.3) is 0 Å². The van der Waals surface area contributed by atoms with Crippen LogP contribution in [0.15, 0.2) is 24.5 Å². The molecule has 0 aliphatic carbocycles. The molecule has 1 aliphatic heterocycles. The van der Waals surface area contributed by atoms with Crippen molar-refractivity contribution in [3.05, 3.63) is 30.1 Å². The third-order valence-electron chi connectivity index (χ3n) is 3.53. The van der Waals surface area contributed by atoms with Crippen LogP contribution in [0.2, 0.25) is 0 Å². The Morgan fingerprint density at radius 3 is 2.80 bits per heavy atom. The van der Waals surface area contributed by atoms with Gasteiger partial charge in [0.1, 0.15) is 0 Å². The molecule has 2 rings (SSSR count). The molecular formula is C14H19N3O3. The van der Waals surface area contributed by atoms with Crippen molar-refractivity contribution in [3.8, 4) is 0 Å². The van der Waals surface area contributed by atoms with E-state index in [2.05, 4.69) is 9.88 Å². The van der Waals surface area contributed by atoms with Crippen molar-refractivity contribution in [3.63, 3.8) is 0 Å². The highest BCUT2D eigenvalue weighted by Crippen LogP contribution is 2.13. The summed E-state index contributed by atoms with van der Waals surface area (Å²) in [5, 5.41) is 9.27. The molecule has 0 saturated carbocycles. The van der Waals surface area contributed by atoms with Gasteiger partial charge < -0.3 is 10.0 Å². The van der Waals surface area contributed by atoms with Crippen LogP contribution >= 0.6 is 0 Å². The first-order chi connectivity index (χ1) is 9.56. The van der Waals surface area contributed by atoms with Crippen molar-refractivity contribution in [1.29, 1.82) is 0 Å². The third-order valence-corrected chi connectivity index (χ3v) is 3.53. The van der Waals surface area contributed by atoms with E-state index in [1.54, 1.807) is 17.3 Å². The summed E-state index contributed by atoms with van der Waals surface area (Å²) in [5.41, 5.74) is 1.05. The lowest BCUT2D eigenvalue weighted by Gasteiger charge is -2.21. The quantitative estimate of drug-likeness (QED) is 0.868. The standard InChI is InChI=1S/C14H19N3O3/c1-11(18)17-6-5-16(9-13(10-17)14(19)20)8-12-3-2-4-15-7-12/h2-4,7,13H,5-6,8-10H2,1H3,(H,19,20). The van der Waals surface area contributed by atoms with E-state index in [-0.39, 0.29) is 12.5 Å². The number of carboxylic acid groups (broad SMARTS) is 1. The van der Waals surface area contributed by atoms with Gasteiger partial charge in [0.05, 0.1) is 5.92 Å². The van der Waals surface area contributed by atoms with Gasteiger partial charge in [0.15, 0.2) is 0 Å². The molecule has 1 amide bonds. The SMILES string of the molecule is CC(=O)N1CCN(Cc2cccnc2)CC(C(=O)O)C1. The molecule has 108 valence electrons. The summed E-state index contributed by atoms with van der Waals surface area (Å²) in [6.45, 7) is 4.12. The molecule has 1 N–H and O–H groups in total. The van der Waals surface area contributed by atoms with Gasteiger partial charge in [-0.1, -0.05) is 6.07 Å². The highest BCUT2D eigenvalue weighted by molar-refractivity contribution is 5.75. The van der Waals surface area contributed by atoms with Crippen molar-refractivity contribution in [1.82, 2.24) is 14.8 Å². The highest BCUT2D eigenvalue weighted by atomic mass is 16.4. The molecule has 1 unspecified atom stereocenters. The summed E-state index contributed by atoms with van der Waals surface area (Å²) in [6, 6.07) is 3.83. The van der Waals surface area contributed by atoms with Crippen LogP contribution in [0.4, 0.5) is 0 Å². The molecular weight excluding hydrogens is 258 g/mol. The Morgan fingerprint density at radius 2 is 2.20 bits per heavy atom. The number of pyridine rings is 1. The van der Waals surface area contributed by atoms with Gasteiger partial charge in [-0.15, -0.1) is 0 Å². The first kappa shape index (κ1) is 14.5. The molecule has 6 nitrogen and oxygen atoms in total. The fraction of sp³-hybridized carbons (Fsp3) is 0.500. The second kappa shape index (κ2) is 6.47. The van der Waals surface area contributed by atoms with Crippen molar-refractivity contribution >= 4 is 11.9 Å². The Morgan fingerprint density at radius 1 is 1.40 bits per heavy atom. The number of aliphatic carboxylic acids is 1. The van der Waals surface area contributed by atoms with E-state index in [0.717, 1.165) is 5.56 Å². The number of carboxylic acids is 1. The van der Waals surface area contributed by atoms with Gasteiger partial charge >= 0.3 is 5.97 Å². The molecule has 1 aromatic rings. The molecule has 0 bridgehead atoms. The molecule has 1 atom stereocenters. The highest BCUT2D eigenvalue weighted by Gasteiger charge is 2.28. The van der Waals surface area contributed by atoms with Crippen molar-refractivity contribution in [2.24, 2.45) is 5.92 Å². The van der Waals surface area contributed by atoms with Crippen LogP contribution in [-0.4, -0.2) is 57.9 Å². The van der Waals surface area contributed by atoms with Crippen LogP contribution in [0.1, 0.15) is 12.5 Å². The van der Waals surface area contributed by atoms with Gasteiger partial charge in [0, 0.05) is 52.0 Å². The second-order valence-electron chi connectivity index (χ2n) is 5.10. The lowest BCUT2D eigenvalue weighted by atomic mass is 10.1. The summed E-state index contributed by atoms with van der Waals surface area (Å²) in [5.74, 6) is -1.47. The lowest BCUT2D eigenvalue weighted by molar-refractivity contribution is -0.143. The van der Waals surface area contributed by atoms with E-state index in [1.807, 2.05) is 12.1 Å². The normalized spacial score (nSPS) is 20.4. The zero-order chi connectivity index (χ0) is 14.5. The minimum absolute atomic E-state index is 0.0699. The van der Waals surface area contributed by atoms with Crippen LogP contribution in [0, 0.1) is 5.92 Å². The number of hydrogen-bond acceptors (Lipinski definition) is 4. The van der Waals surface area contributed by atoms with E-state index in [4.69, 9.17) is 0 Å². The number of hydrogen-bond donors (Lipinski definition) is 1. The lowest BCUT2D eigenvalue weighted by Crippen LogP contribution is -2.36. The fourth-order valence-corrected chi connectivity index (χ4v) is 2.42. The predicted octanol–water partition coefficient (Wildman–Crippen LogP) is 0.446. The minimum Gasteiger partial charge on any atom is -0.481 e. The summed E-state index contributed by atoms with van der Waals surface area (Å²) in [4.78, 5) is 30.5. The van der Waals surface area contributed by atoms with Crippen LogP contribution in [-0.2, 0) is 16.1 Å². The topological polar surface area (TPSA) is 73.7 Å². The second-order valence-corrected chi connectivity index (χ2v) is 5.10. The maximum absolute atomic E-state index is 11.5. The molecule has 0 radical (unpaired) electrons. The number of amides is 1. The van der Waals surface area contributed by atoms with E-state index in [9.17, 15) is 14.7 Å². The number of nitrogens with zero attached hydrogens (tertiary/aromatic N) is 3. The van der Waals surface area contributed by atoms with Crippen molar-refractivity contribution < 1.29 is 14.7 Å². The Hall–Kier alpha value is -1.95. The van der Waals surface area contributed by atoms with E-state index in [1.165, 1.54) is 6.92 Å². The van der Waals surface area contributed by atoms with E-state index in [0.29, 0.717) is 26.2 Å². The Labute approximate surface area is 118 Å². The number of aromatic nitrogens is 1. The van der Waals surface area contributed by atoms with Gasteiger partial charge in [-0.2, -0.15) is 0 Å². The van der Waals surface area contributed by atoms with Crippen molar-refractivity contribution in [2.75, 3.05) is 26.2 Å². The van der Waals surface area contributed by atoms with Crippen LogP contribution in [0.3, 0.4) is 0 Å². The predicted molar refractivity (Wildman–Crippen MR) is 72.9 cm³/mol. The zero-order valence-corrected chi connectivity index (χ0v) is 11.5. The maximum Gasteiger partial charge on any atom is 0.309 e. The summed E-state index contributed by atoms with van der Waals surface area (Å²) < 4.78 is 0. The van der Waals surface area contributed by atoms with Crippen molar-refractivity contribution in [2.45, 2.75) is 13.5 Å². The molecule has 1 saturated heterocycles. The minimum atomic E-state index is -0.852. The van der Waals surface area contributed by atoms with Crippen LogP contribution in [0.5, 0.6) is 0 Å². The molecule has 1 fully saturated rings. The van der Waals surface area contributed by atoms with E-state index >= 15 is 0 Å². The van der Waals surface area contributed by atoms with Gasteiger partial charge in [0.2, 0.25) is 5.91 Å². The molecule has 1 aliphatic rings. The number of carbonyl (C=O) groups is 2. The van der Waals surface area contributed by atoms with Crippen LogP contribution < -0.4 is 0 Å². The fourth-order valence-electron chi connectivity index (χ4n) is 2.42. The Balaban J connectivity index is 2.06. The smallest absolute Gasteiger partial charge is 0.309 e. The molecule has 0 spiro atoms. The summed E-state index contributed by atoms with van der Waals surface area (Å²) in [7, 11) is 0. The molecule has 1 aromatic heterocycles. The molecule has 0 aromatic carbocycles. The Bertz CT molecular complexity index is 478. The Kier molecular flexibility index (Phi) is 4.68. The molecule has 20 heavy (non-hydrogen) atoms. The summed E-state index contributed by atoms with van der Waals surface area (Å²) >= 11 is 0. The average molecular weight is 277 g/mol. The summed E-state index contributed by atoms with van der Waals surface area (Å²) in [6.07, 6.45) is 3.49. The van der Waals surface area contributed by atoms with Gasteiger partial charge in [-0.25, -0.2) is 0 Å². The number of rotatable bonds is 3. The zero-order valence-electron chi connectivity index (χ0n) is 11.5. The van der Waals surface area contributed by atoms with Gasteiger partial charge in [0.25, 0.3) is 0 Å². The maximum atomic E-state index is 11.5. The monoisotopic (exact) mass is 277 g/mol. The first-order valence-corrected chi connectivity index (χ1v) is 6.66. The van der Waals surface area contributed by atoms with E-state index < -0.39 is 11.9 Å². The third kappa shape index (κ3) is 3.77. The van der Waals surface area contributed by atoms with Gasteiger partial charge in [-0.05, 0) is 11.6 Å².